The fourth-order valence-electron chi connectivity index (χ4n) is 1.99. The first-order chi connectivity index (χ1) is 9.19. The summed E-state index contributed by atoms with van der Waals surface area (Å²) in [7, 11) is 0. The van der Waals surface area contributed by atoms with Gasteiger partial charge in [-0.05, 0) is 24.6 Å². The maximum absolute atomic E-state index is 12.0. The maximum Gasteiger partial charge on any atom is 0.299 e. The zero-order valence-electron chi connectivity index (χ0n) is 10.8. The van der Waals surface area contributed by atoms with E-state index in [-0.39, 0.29) is 0 Å². The van der Waals surface area contributed by atoms with E-state index in [9.17, 15) is 9.59 Å². The average Bonchev–Trinajstić information content (AvgIpc) is 2.68. The second kappa shape index (κ2) is 5.48. The number of anilines is 1. The van der Waals surface area contributed by atoms with Crippen molar-refractivity contribution in [2.75, 3.05) is 11.4 Å². The largest absolute Gasteiger partial charge is 0.300 e. The molecule has 0 bridgehead atoms. The molecule has 0 saturated heterocycles. The van der Waals surface area contributed by atoms with Crippen molar-refractivity contribution in [3.05, 3.63) is 66.3 Å². The molecule has 0 unspecified atom stereocenters. The highest BCUT2D eigenvalue weighted by Gasteiger charge is 2.35. The van der Waals surface area contributed by atoms with E-state index in [1.54, 1.807) is 24.3 Å². The predicted molar refractivity (Wildman–Crippen MR) is 76.2 cm³/mol. The third kappa shape index (κ3) is 2.40. The molecule has 1 aromatic rings. The summed E-state index contributed by atoms with van der Waals surface area (Å²) in [5.74, 6) is -0.917. The molecule has 96 valence electrons. The zero-order chi connectivity index (χ0) is 13.8. The van der Waals surface area contributed by atoms with Gasteiger partial charge in [-0.25, -0.2) is 0 Å². The van der Waals surface area contributed by atoms with E-state index >= 15 is 0 Å². The SMILES string of the molecule is C=C/C(=C\C=C/C)CN1C(=O)C(=O)c2ccccc21. The number of ketones is 1. The highest BCUT2D eigenvalue weighted by atomic mass is 16.2. The summed E-state index contributed by atoms with van der Waals surface area (Å²) in [5.41, 5.74) is 2.03. The number of nitrogens with zero attached hydrogens (tertiary/aromatic N) is 1. The minimum atomic E-state index is -0.477. The number of allylic oxidation sites excluding steroid dienone is 3. The average molecular weight is 253 g/mol. The van der Waals surface area contributed by atoms with E-state index in [2.05, 4.69) is 6.58 Å². The molecular weight excluding hydrogens is 238 g/mol. The van der Waals surface area contributed by atoms with Gasteiger partial charge in [0, 0.05) is 0 Å². The van der Waals surface area contributed by atoms with Gasteiger partial charge in [0.25, 0.3) is 11.7 Å². The Morgan fingerprint density at radius 1 is 1.32 bits per heavy atom. The Hall–Kier alpha value is -2.42. The lowest BCUT2D eigenvalue weighted by atomic mass is 10.1. The van der Waals surface area contributed by atoms with Crippen LogP contribution < -0.4 is 4.90 Å². The standard InChI is InChI=1S/C16H15NO2/c1-3-5-8-12(4-2)11-17-14-10-7-6-9-13(14)15(18)16(17)19/h3-10H,2,11H2,1H3/b5-3-,12-8+. The highest BCUT2D eigenvalue weighted by Crippen LogP contribution is 2.29. The molecule has 0 aromatic heterocycles. The molecule has 0 radical (unpaired) electrons. The van der Waals surface area contributed by atoms with E-state index in [1.807, 2.05) is 31.2 Å². The lowest BCUT2D eigenvalue weighted by Gasteiger charge is -2.16. The van der Waals surface area contributed by atoms with Gasteiger partial charge in [0.15, 0.2) is 0 Å². The minimum absolute atomic E-state index is 0.357. The second-order valence-corrected chi connectivity index (χ2v) is 4.21. The number of hydrogen-bond donors (Lipinski definition) is 0. The Labute approximate surface area is 112 Å². The fraction of sp³-hybridized carbons (Fsp3) is 0.125. The van der Waals surface area contributed by atoms with Gasteiger partial charge in [0.2, 0.25) is 0 Å². The van der Waals surface area contributed by atoms with Gasteiger partial charge < -0.3 is 4.90 Å². The third-order valence-electron chi connectivity index (χ3n) is 2.98. The Balaban J connectivity index is 2.33. The molecule has 3 heteroatoms. The van der Waals surface area contributed by atoms with Crippen LogP contribution in [0.15, 0.2) is 60.7 Å². The van der Waals surface area contributed by atoms with E-state index in [1.165, 1.54) is 4.90 Å². The van der Waals surface area contributed by atoms with Gasteiger partial charge in [-0.1, -0.05) is 43.0 Å². The topological polar surface area (TPSA) is 37.4 Å². The summed E-state index contributed by atoms with van der Waals surface area (Å²) >= 11 is 0. The van der Waals surface area contributed by atoms with Crippen molar-refractivity contribution in [2.24, 2.45) is 0 Å². The van der Waals surface area contributed by atoms with Crippen LogP contribution in [0, 0.1) is 0 Å². The minimum Gasteiger partial charge on any atom is -0.300 e. The van der Waals surface area contributed by atoms with Crippen molar-refractivity contribution in [2.45, 2.75) is 6.92 Å². The molecule has 0 spiro atoms. The molecule has 0 atom stereocenters. The molecule has 1 aromatic carbocycles. The molecule has 1 aliphatic rings. The van der Waals surface area contributed by atoms with E-state index in [4.69, 9.17) is 0 Å². The van der Waals surface area contributed by atoms with Crippen molar-refractivity contribution < 1.29 is 9.59 Å². The lowest BCUT2D eigenvalue weighted by molar-refractivity contribution is -0.114. The summed E-state index contributed by atoms with van der Waals surface area (Å²) in [5, 5.41) is 0. The van der Waals surface area contributed by atoms with Crippen LogP contribution in [0.3, 0.4) is 0 Å². The monoisotopic (exact) mass is 253 g/mol. The number of para-hydroxylation sites is 1. The van der Waals surface area contributed by atoms with Gasteiger partial charge in [-0.3, -0.25) is 9.59 Å². The van der Waals surface area contributed by atoms with Crippen molar-refractivity contribution in [3.63, 3.8) is 0 Å². The lowest BCUT2D eigenvalue weighted by Crippen LogP contribution is -2.31. The number of fused-ring (bicyclic) bond motifs is 1. The molecule has 1 heterocycles. The van der Waals surface area contributed by atoms with Crippen LogP contribution in [-0.4, -0.2) is 18.2 Å². The summed E-state index contributed by atoms with van der Waals surface area (Å²) in [4.78, 5) is 25.3. The summed E-state index contributed by atoms with van der Waals surface area (Å²) < 4.78 is 0. The Morgan fingerprint density at radius 2 is 2.05 bits per heavy atom. The zero-order valence-corrected chi connectivity index (χ0v) is 10.8. The van der Waals surface area contributed by atoms with Crippen LogP contribution in [0.5, 0.6) is 0 Å². The number of carbonyl (C=O) groups is 2. The number of benzene rings is 1. The van der Waals surface area contributed by atoms with Gasteiger partial charge >= 0.3 is 0 Å². The molecule has 3 nitrogen and oxygen atoms in total. The first-order valence-electron chi connectivity index (χ1n) is 6.08. The van der Waals surface area contributed by atoms with E-state index in [0.29, 0.717) is 17.8 Å². The Bertz CT molecular complexity index is 597. The molecule has 0 N–H and O–H groups in total. The third-order valence-corrected chi connectivity index (χ3v) is 2.98. The molecule has 1 aliphatic heterocycles. The molecule has 1 amide bonds. The highest BCUT2D eigenvalue weighted by molar-refractivity contribution is 6.52. The number of hydrogen-bond acceptors (Lipinski definition) is 2. The first-order valence-corrected chi connectivity index (χ1v) is 6.08. The fourth-order valence-corrected chi connectivity index (χ4v) is 1.99. The quantitative estimate of drug-likeness (QED) is 0.611. The smallest absolute Gasteiger partial charge is 0.299 e. The van der Waals surface area contributed by atoms with Crippen LogP contribution in [-0.2, 0) is 4.79 Å². The van der Waals surface area contributed by atoms with Crippen molar-refractivity contribution >= 4 is 17.4 Å². The normalized spacial score (nSPS) is 15.2. The summed E-state index contributed by atoms with van der Waals surface area (Å²) in [6.07, 6.45) is 7.35. The molecule has 2 rings (SSSR count). The van der Waals surface area contributed by atoms with Crippen molar-refractivity contribution in [1.29, 1.82) is 0 Å². The molecular formula is C16H15NO2. The number of rotatable bonds is 4. The predicted octanol–water partition coefficient (Wildman–Crippen LogP) is 2.90. The molecule has 0 saturated carbocycles. The Kier molecular flexibility index (Phi) is 3.76. The Morgan fingerprint density at radius 3 is 2.74 bits per heavy atom. The van der Waals surface area contributed by atoms with E-state index in [0.717, 1.165) is 5.57 Å². The van der Waals surface area contributed by atoms with Crippen LogP contribution >= 0.6 is 0 Å². The second-order valence-electron chi connectivity index (χ2n) is 4.21. The van der Waals surface area contributed by atoms with Crippen LogP contribution in [0.25, 0.3) is 0 Å². The van der Waals surface area contributed by atoms with Crippen LogP contribution in [0.1, 0.15) is 17.3 Å². The van der Waals surface area contributed by atoms with Gasteiger partial charge in [-0.2, -0.15) is 0 Å². The molecule has 0 fully saturated rings. The first kappa shape index (κ1) is 13.0. The maximum atomic E-state index is 12.0. The van der Waals surface area contributed by atoms with Gasteiger partial charge in [0.05, 0.1) is 17.8 Å². The van der Waals surface area contributed by atoms with Crippen LogP contribution in [0.2, 0.25) is 0 Å². The summed E-state index contributed by atoms with van der Waals surface area (Å²) in [6, 6.07) is 7.05. The molecule has 0 aliphatic carbocycles. The van der Waals surface area contributed by atoms with Crippen molar-refractivity contribution in [1.82, 2.24) is 0 Å². The van der Waals surface area contributed by atoms with Crippen LogP contribution in [0.4, 0.5) is 5.69 Å². The number of amides is 1. The molecule has 19 heavy (non-hydrogen) atoms. The number of carbonyl (C=O) groups excluding carboxylic acids is 2. The van der Waals surface area contributed by atoms with Crippen molar-refractivity contribution in [3.8, 4) is 0 Å². The van der Waals surface area contributed by atoms with E-state index < -0.39 is 11.7 Å². The van der Waals surface area contributed by atoms with Gasteiger partial charge in [-0.15, -0.1) is 0 Å². The van der Waals surface area contributed by atoms with Gasteiger partial charge in [0.1, 0.15) is 0 Å². The number of Topliss-reactive ketones (excluding diaryl/α,β-unsaturated/α-hetero) is 1. The summed E-state index contributed by atoms with van der Waals surface area (Å²) in [6.45, 7) is 6.00.